The molecular formula is C24H27NOS2. The lowest BCUT2D eigenvalue weighted by Gasteiger charge is -2.11. The summed E-state index contributed by atoms with van der Waals surface area (Å²) in [6, 6.07) is 15.8. The summed E-state index contributed by atoms with van der Waals surface area (Å²) in [5.74, 6) is 0. The van der Waals surface area contributed by atoms with Crippen LogP contribution in [0.15, 0.2) is 52.3 Å². The SMILES string of the molecule is Cc1cc(C)c2c(c1)-c1sc(COCCCN(C)C)cc1-c1ccccc1S2. The predicted molar refractivity (Wildman–Crippen MR) is 122 cm³/mol. The van der Waals surface area contributed by atoms with Gasteiger partial charge in [-0.25, -0.2) is 0 Å². The van der Waals surface area contributed by atoms with E-state index in [0.717, 1.165) is 19.6 Å². The van der Waals surface area contributed by atoms with Gasteiger partial charge in [-0.2, -0.15) is 0 Å². The van der Waals surface area contributed by atoms with Crippen molar-refractivity contribution in [3.05, 3.63) is 58.5 Å². The van der Waals surface area contributed by atoms with Crippen molar-refractivity contribution in [3.8, 4) is 21.6 Å². The lowest BCUT2D eigenvalue weighted by molar-refractivity contribution is 0.115. The number of nitrogens with zero attached hydrogens (tertiary/aromatic N) is 1. The first-order valence-corrected chi connectivity index (χ1v) is 11.4. The molecule has 1 aliphatic heterocycles. The molecule has 0 radical (unpaired) electrons. The van der Waals surface area contributed by atoms with E-state index in [2.05, 4.69) is 75.3 Å². The number of thiophene rings is 1. The average molecular weight is 410 g/mol. The van der Waals surface area contributed by atoms with Gasteiger partial charge < -0.3 is 9.64 Å². The molecule has 0 atom stereocenters. The van der Waals surface area contributed by atoms with Crippen LogP contribution in [0.25, 0.3) is 21.6 Å². The van der Waals surface area contributed by atoms with E-state index in [0.29, 0.717) is 6.61 Å². The maximum atomic E-state index is 5.98. The number of hydrogen-bond acceptors (Lipinski definition) is 4. The molecule has 4 heteroatoms. The highest BCUT2D eigenvalue weighted by Crippen LogP contribution is 2.52. The van der Waals surface area contributed by atoms with Gasteiger partial charge in [-0.05, 0) is 70.2 Å². The minimum Gasteiger partial charge on any atom is -0.376 e. The van der Waals surface area contributed by atoms with Crippen molar-refractivity contribution in [1.82, 2.24) is 4.90 Å². The molecule has 0 saturated heterocycles. The summed E-state index contributed by atoms with van der Waals surface area (Å²) in [6.07, 6.45) is 1.07. The summed E-state index contributed by atoms with van der Waals surface area (Å²) in [6.45, 7) is 6.99. The first-order chi connectivity index (χ1) is 13.5. The third-order valence-electron chi connectivity index (χ3n) is 4.97. The zero-order chi connectivity index (χ0) is 19.7. The highest BCUT2D eigenvalue weighted by molar-refractivity contribution is 7.99. The third kappa shape index (κ3) is 4.06. The van der Waals surface area contributed by atoms with E-state index in [1.165, 1.54) is 47.4 Å². The van der Waals surface area contributed by atoms with E-state index in [1.54, 1.807) is 0 Å². The van der Waals surface area contributed by atoms with Gasteiger partial charge in [0.2, 0.25) is 0 Å². The first kappa shape index (κ1) is 19.7. The molecule has 2 aromatic carbocycles. The van der Waals surface area contributed by atoms with Crippen molar-refractivity contribution in [2.24, 2.45) is 0 Å². The molecule has 0 amide bonds. The number of benzene rings is 2. The lowest BCUT2D eigenvalue weighted by atomic mass is 10.00. The van der Waals surface area contributed by atoms with Gasteiger partial charge in [-0.3, -0.25) is 0 Å². The zero-order valence-corrected chi connectivity index (χ0v) is 18.7. The van der Waals surface area contributed by atoms with Gasteiger partial charge in [0.1, 0.15) is 0 Å². The Morgan fingerprint density at radius 2 is 1.79 bits per heavy atom. The molecule has 0 fully saturated rings. The Bertz CT molecular complexity index is 990. The molecule has 0 saturated carbocycles. The van der Waals surface area contributed by atoms with E-state index in [4.69, 9.17) is 4.74 Å². The summed E-state index contributed by atoms with van der Waals surface area (Å²) in [5.41, 5.74) is 6.74. The highest BCUT2D eigenvalue weighted by atomic mass is 32.2. The second kappa shape index (κ2) is 8.42. The normalized spacial score (nSPS) is 12.5. The van der Waals surface area contributed by atoms with Crippen LogP contribution in [0.1, 0.15) is 22.4 Å². The van der Waals surface area contributed by atoms with Gasteiger partial charge in [0, 0.05) is 37.3 Å². The van der Waals surface area contributed by atoms with Gasteiger partial charge >= 0.3 is 0 Å². The molecule has 2 nitrogen and oxygen atoms in total. The summed E-state index contributed by atoms with van der Waals surface area (Å²) in [5, 5.41) is 0. The zero-order valence-electron chi connectivity index (χ0n) is 17.0. The van der Waals surface area contributed by atoms with Crippen molar-refractivity contribution in [2.75, 3.05) is 27.2 Å². The molecule has 0 aliphatic carbocycles. The Hall–Kier alpha value is -1.59. The highest BCUT2D eigenvalue weighted by Gasteiger charge is 2.23. The minimum absolute atomic E-state index is 0.695. The fourth-order valence-electron chi connectivity index (χ4n) is 3.72. The van der Waals surface area contributed by atoms with Crippen LogP contribution < -0.4 is 0 Å². The molecule has 3 aromatic rings. The molecule has 1 aliphatic rings. The van der Waals surface area contributed by atoms with E-state index in [-0.39, 0.29) is 0 Å². The van der Waals surface area contributed by atoms with Crippen molar-refractivity contribution in [1.29, 1.82) is 0 Å². The van der Waals surface area contributed by atoms with E-state index in [9.17, 15) is 0 Å². The predicted octanol–water partition coefficient (Wildman–Crippen LogP) is 6.63. The number of ether oxygens (including phenoxy) is 1. The molecule has 0 unspecified atom stereocenters. The number of rotatable bonds is 6. The van der Waals surface area contributed by atoms with Crippen LogP contribution in [0.5, 0.6) is 0 Å². The Morgan fingerprint density at radius 3 is 2.61 bits per heavy atom. The maximum Gasteiger partial charge on any atom is 0.0809 e. The van der Waals surface area contributed by atoms with Crippen molar-refractivity contribution in [3.63, 3.8) is 0 Å². The fourth-order valence-corrected chi connectivity index (χ4v) is 6.06. The van der Waals surface area contributed by atoms with Gasteiger partial charge in [0.25, 0.3) is 0 Å². The quantitative estimate of drug-likeness (QED) is 0.332. The number of hydrogen-bond donors (Lipinski definition) is 0. The fraction of sp³-hybridized carbons (Fsp3) is 0.333. The van der Waals surface area contributed by atoms with Crippen molar-refractivity contribution < 1.29 is 4.74 Å². The van der Waals surface area contributed by atoms with E-state index < -0.39 is 0 Å². The number of fused-ring (bicyclic) bond motifs is 5. The van der Waals surface area contributed by atoms with Crippen molar-refractivity contribution >= 4 is 23.1 Å². The monoisotopic (exact) mass is 409 g/mol. The first-order valence-electron chi connectivity index (χ1n) is 9.77. The summed E-state index contributed by atoms with van der Waals surface area (Å²) in [7, 11) is 4.21. The molecular weight excluding hydrogens is 382 g/mol. The van der Waals surface area contributed by atoms with Crippen LogP contribution in [-0.4, -0.2) is 32.1 Å². The van der Waals surface area contributed by atoms with Gasteiger partial charge in [0.05, 0.1) is 6.61 Å². The van der Waals surface area contributed by atoms with Crippen molar-refractivity contribution in [2.45, 2.75) is 36.7 Å². The Morgan fingerprint density at radius 1 is 0.964 bits per heavy atom. The van der Waals surface area contributed by atoms with Crippen LogP contribution in [0.2, 0.25) is 0 Å². The Balaban J connectivity index is 1.69. The second-order valence-electron chi connectivity index (χ2n) is 7.72. The molecule has 1 aromatic heterocycles. The minimum atomic E-state index is 0.695. The van der Waals surface area contributed by atoms with E-state index >= 15 is 0 Å². The number of aryl methyl sites for hydroxylation is 2. The Kier molecular flexibility index (Phi) is 5.93. The van der Waals surface area contributed by atoms with Gasteiger partial charge in [0.15, 0.2) is 0 Å². The molecule has 0 bridgehead atoms. The van der Waals surface area contributed by atoms with Crippen LogP contribution in [-0.2, 0) is 11.3 Å². The van der Waals surface area contributed by atoms with Crippen LogP contribution >= 0.6 is 23.1 Å². The van der Waals surface area contributed by atoms with Crippen LogP contribution in [0.4, 0.5) is 0 Å². The molecule has 4 rings (SSSR count). The maximum absolute atomic E-state index is 5.98. The standard InChI is InChI=1S/C24H27NOS2/c1-16-12-17(2)23-21(13-16)24-20(19-8-5-6-9-22(19)28-23)14-18(27-24)15-26-11-7-10-25(3)4/h5-6,8-9,12-14H,7,10-11,15H2,1-4H3. The van der Waals surface area contributed by atoms with Gasteiger partial charge in [-0.15, -0.1) is 11.3 Å². The smallest absolute Gasteiger partial charge is 0.0809 e. The summed E-state index contributed by atoms with van der Waals surface area (Å²) >= 11 is 3.79. The Labute approximate surface area is 176 Å². The molecule has 0 N–H and O–H groups in total. The average Bonchev–Trinajstić information content (AvgIpc) is 3.02. The summed E-state index contributed by atoms with van der Waals surface area (Å²) < 4.78 is 5.98. The van der Waals surface area contributed by atoms with Crippen LogP contribution in [0, 0.1) is 13.8 Å². The van der Waals surface area contributed by atoms with Gasteiger partial charge in [-0.1, -0.05) is 41.6 Å². The largest absolute Gasteiger partial charge is 0.376 e. The molecule has 0 spiro atoms. The second-order valence-corrected chi connectivity index (χ2v) is 9.91. The molecule has 28 heavy (non-hydrogen) atoms. The van der Waals surface area contributed by atoms with Crippen LogP contribution in [0.3, 0.4) is 0 Å². The topological polar surface area (TPSA) is 12.5 Å². The summed E-state index contributed by atoms with van der Waals surface area (Å²) in [4.78, 5) is 7.61. The van der Waals surface area contributed by atoms with E-state index in [1.807, 2.05) is 23.1 Å². The lowest BCUT2D eigenvalue weighted by Crippen LogP contribution is -2.14. The molecule has 2 heterocycles. The molecule has 146 valence electrons. The third-order valence-corrected chi connectivity index (χ3v) is 7.44.